The second-order valence-corrected chi connectivity index (χ2v) is 5.20. The van der Waals surface area contributed by atoms with Crippen LogP contribution in [0.15, 0.2) is 33.3 Å². The number of hydrogen-bond donors (Lipinski definition) is 0. The van der Waals surface area contributed by atoms with Gasteiger partial charge in [0.05, 0.1) is 12.1 Å². The van der Waals surface area contributed by atoms with E-state index >= 15 is 0 Å². The number of hydrogen-bond acceptors (Lipinski definition) is 4. The normalized spacial score (nSPS) is 26.5. The van der Waals surface area contributed by atoms with Crippen LogP contribution in [0.25, 0.3) is 0 Å². The molecule has 4 nitrogen and oxygen atoms in total. The van der Waals surface area contributed by atoms with Crippen molar-refractivity contribution in [3.63, 3.8) is 0 Å². The lowest BCUT2D eigenvalue weighted by atomic mass is 9.87. The van der Waals surface area contributed by atoms with Gasteiger partial charge in [-0.1, -0.05) is 23.3 Å². The van der Waals surface area contributed by atoms with Gasteiger partial charge < -0.3 is 0 Å². The molecule has 2 aliphatic rings. The second-order valence-electron chi connectivity index (χ2n) is 5.20. The largest absolute Gasteiger partial charge is 0.235 e. The van der Waals surface area contributed by atoms with E-state index in [2.05, 4.69) is 22.1 Å². The van der Waals surface area contributed by atoms with E-state index in [0.29, 0.717) is 0 Å². The Kier molecular flexibility index (Phi) is 5.02. The molecule has 19 heavy (non-hydrogen) atoms. The zero-order valence-electron chi connectivity index (χ0n) is 11.0. The van der Waals surface area contributed by atoms with Crippen molar-refractivity contribution in [1.29, 1.82) is 0 Å². The fraction of sp³-hybridized carbons (Fsp3) is 0.600. The summed E-state index contributed by atoms with van der Waals surface area (Å²) in [6.45, 7) is 0. The van der Waals surface area contributed by atoms with Gasteiger partial charge in [0.2, 0.25) is 12.2 Å². The Labute approximate surface area is 113 Å². The van der Waals surface area contributed by atoms with Gasteiger partial charge in [0.1, 0.15) is 0 Å². The Bertz CT molecular complexity index is 436. The molecular formula is C15H18N2O2. The quantitative estimate of drug-likeness (QED) is 0.442. The van der Waals surface area contributed by atoms with Gasteiger partial charge >= 0.3 is 0 Å². The Morgan fingerprint density at radius 3 is 1.74 bits per heavy atom. The highest BCUT2D eigenvalue weighted by molar-refractivity contribution is 5.34. The minimum absolute atomic E-state index is 0.132. The molecule has 0 aromatic carbocycles. The number of isocyanates is 2. The highest BCUT2D eigenvalue weighted by Crippen LogP contribution is 2.30. The minimum Gasteiger partial charge on any atom is -0.211 e. The summed E-state index contributed by atoms with van der Waals surface area (Å²) in [5, 5.41) is 0. The lowest BCUT2D eigenvalue weighted by Crippen LogP contribution is -2.11. The molecule has 0 radical (unpaired) electrons. The van der Waals surface area contributed by atoms with Crippen LogP contribution < -0.4 is 0 Å². The predicted molar refractivity (Wildman–Crippen MR) is 72.3 cm³/mol. The standard InChI is InChI=1S/C15H18N2O2/c18-10-16-14-5-1-12(2-6-14)9-13-3-7-15(8-4-13)17-11-19/h1,3,14-15H,2,4-9H2. The molecule has 0 fully saturated rings. The summed E-state index contributed by atoms with van der Waals surface area (Å²) in [6.07, 6.45) is 14.4. The summed E-state index contributed by atoms with van der Waals surface area (Å²) in [5.74, 6) is 0. The summed E-state index contributed by atoms with van der Waals surface area (Å²) >= 11 is 0. The first-order chi connectivity index (χ1) is 9.31. The molecule has 0 aromatic heterocycles. The average molecular weight is 258 g/mol. The van der Waals surface area contributed by atoms with Crippen LogP contribution in [-0.4, -0.2) is 24.2 Å². The predicted octanol–water partition coefficient (Wildman–Crippen LogP) is 3.01. The van der Waals surface area contributed by atoms with Crippen LogP contribution in [0.3, 0.4) is 0 Å². The fourth-order valence-corrected chi connectivity index (χ4v) is 2.75. The lowest BCUT2D eigenvalue weighted by molar-refractivity contribution is 0.535. The molecule has 0 aromatic rings. The molecule has 0 heterocycles. The van der Waals surface area contributed by atoms with Crippen molar-refractivity contribution in [1.82, 2.24) is 0 Å². The van der Waals surface area contributed by atoms with Crippen LogP contribution in [0.5, 0.6) is 0 Å². The van der Waals surface area contributed by atoms with E-state index in [1.807, 2.05) is 0 Å². The molecule has 0 aliphatic heterocycles. The van der Waals surface area contributed by atoms with Gasteiger partial charge in [-0.25, -0.2) is 19.6 Å². The third-order valence-corrected chi connectivity index (χ3v) is 3.88. The zero-order chi connectivity index (χ0) is 13.5. The van der Waals surface area contributed by atoms with Crippen molar-refractivity contribution in [3.05, 3.63) is 23.3 Å². The maximum Gasteiger partial charge on any atom is 0.235 e. The smallest absolute Gasteiger partial charge is 0.211 e. The summed E-state index contributed by atoms with van der Waals surface area (Å²) < 4.78 is 0. The Morgan fingerprint density at radius 2 is 1.42 bits per heavy atom. The van der Waals surface area contributed by atoms with Gasteiger partial charge in [-0.15, -0.1) is 0 Å². The molecule has 0 spiro atoms. The van der Waals surface area contributed by atoms with Crippen LogP contribution in [-0.2, 0) is 9.59 Å². The number of allylic oxidation sites excluding steroid dienone is 2. The average Bonchev–Trinajstić information content (AvgIpc) is 2.44. The van der Waals surface area contributed by atoms with Gasteiger partial charge in [0, 0.05) is 0 Å². The molecule has 0 saturated carbocycles. The summed E-state index contributed by atoms with van der Waals surface area (Å²) in [4.78, 5) is 28.0. The topological polar surface area (TPSA) is 58.9 Å². The van der Waals surface area contributed by atoms with E-state index in [4.69, 9.17) is 0 Å². The van der Waals surface area contributed by atoms with E-state index in [1.165, 1.54) is 11.1 Å². The summed E-state index contributed by atoms with van der Waals surface area (Å²) in [6, 6.07) is 0.265. The molecule has 0 bridgehead atoms. The zero-order valence-corrected chi connectivity index (χ0v) is 11.0. The number of nitrogens with zero attached hydrogens (tertiary/aromatic N) is 2. The molecule has 2 atom stereocenters. The Hall–Kier alpha value is -1.76. The van der Waals surface area contributed by atoms with Crippen molar-refractivity contribution in [2.24, 2.45) is 9.98 Å². The highest BCUT2D eigenvalue weighted by atomic mass is 16.1. The maximum absolute atomic E-state index is 10.2. The van der Waals surface area contributed by atoms with Crippen molar-refractivity contribution in [3.8, 4) is 0 Å². The molecule has 4 heteroatoms. The molecule has 0 N–H and O–H groups in total. The summed E-state index contributed by atoms with van der Waals surface area (Å²) in [7, 11) is 0. The molecule has 0 amide bonds. The van der Waals surface area contributed by atoms with E-state index in [-0.39, 0.29) is 12.1 Å². The Morgan fingerprint density at radius 1 is 0.947 bits per heavy atom. The fourth-order valence-electron chi connectivity index (χ4n) is 2.75. The lowest BCUT2D eigenvalue weighted by Gasteiger charge is -2.21. The SMILES string of the molecule is O=C=NC1CC=C(CC2=CCC(N=C=O)CC2)CC1. The maximum atomic E-state index is 10.2. The van der Waals surface area contributed by atoms with Crippen LogP contribution in [0.4, 0.5) is 0 Å². The highest BCUT2D eigenvalue weighted by Gasteiger charge is 2.17. The third-order valence-electron chi connectivity index (χ3n) is 3.88. The third kappa shape index (κ3) is 4.13. The minimum atomic E-state index is 0.132. The first-order valence-electron chi connectivity index (χ1n) is 6.81. The van der Waals surface area contributed by atoms with Crippen LogP contribution in [0.1, 0.15) is 44.9 Å². The molecule has 0 saturated heterocycles. The van der Waals surface area contributed by atoms with Gasteiger partial charge in [-0.05, 0) is 44.9 Å². The summed E-state index contributed by atoms with van der Waals surface area (Å²) in [5.41, 5.74) is 2.89. The number of aliphatic imine (C=N–C) groups is 2. The first-order valence-corrected chi connectivity index (χ1v) is 6.81. The van der Waals surface area contributed by atoms with Crippen molar-refractivity contribution in [2.45, 2.75) is 57.0 Å². The molecule has 100 valence electrons. The molecule has 2 aliphatic carbocycles. The molecular weight excluding hydrogens is 240 g/mol. The van der Waals surface area contributed by atoms with Crippen LogP contribution in [0.2, 0.25) is 0 Å². The van der Waals surface area contributed by atoms with Crippen molar-refractivity contribution in [2.75, 3.05) is 0 Å². The van der Waals surface area contributed by atoms with E-state index in [1.54, 1.807) is 12.2 Å². The van der Waals surface area contributed by atoms with E-state index in [0.717, 1.165) is 44.9 Å². The van der Waals surface area contributed by atoms with Gasteiger partial charge in [0.25, 0.3) is 0 Å². The number of carbonyl (C=O) groups excluding carboxylic acids is 2. The monoisotopic (exact) mass is 258 g/mol. The van der Waals surface area contributed by atoms with Gasteiger partial charge in [-0.2, -0.15) is 0 Å². The van der Waals surface area contributed by atoms with Crippen LogP contribution in [0, 0.1) is 0 Å². The van der Waals surface area contributed by atoms with Crippen molar-refractivity contribution >= 4 is 12.2 Å². The molecule has 2 unspecified atom stereocenters. The van der Waals surface area contributed by atoms with E-state index in [9.17, 15) is 9.59 Å². The van der Waals surface area contributed by atoms with Crippen LogP contribution >= 0.6 is 0 Å². The van der Waals surface area contributed by atoms with E-state index < -0.39 is 0 Å². The molecule has 2 rings (SSSR count). The van der Waals surface area contributed by atoms with Gasteiger partial charge in [0.15, 0.2) is 0 Å². The Balaban J connectivity index is 1.86. The number of rotatable bonds is 4. The second kappa shape index (κ2) is 6.98. The first kappa shape index (κ1) is 13.7. The van der Waals surface area contributed by atoms with Crippen molar-refractivity contribution < 1.29 is 9.59 Å². The van der Waals surface area contributed by atoms with Gasteiger partial charge in [-0.3, -0.25) is 0 Å².